The standard InChI is InChI=1S/C11H11BrFN3/c12-9-7-15-16(8-9)6-5-14-11-3-1-10(13)2-4-11/h1-4,7-8,14H,5-6H2. The molecule has 16 heavy (non-hydrogen) atoms. The van der Waals surface area contributed by atoms with Crippen molar-refractivity contribution in [2.45, 2.75) is 6.54 Å². The van der Waals surface area contributed by atoms with Crippen LogP contribution in [0.3, 0.4) is 0 Å². The van der Waals surface area contributed by atoms with E-state index in [0.717, 1.165) is 23.2 Å². The average Bonchev–Trinajstić information content (AvgIpc) is 2.67. The summed E-state index contributed by atoms with van der Waals surface area (Å²) in [6.45, 7) is 1.52. The molecule has 2 aromatic rings. The predicted octanol–water partition coefficient (Wildman–Crippen LogP) is 2.90. The molecule has 0 spiro atoms. The number of anilines is 1. The third-order valence-electron chi connectivity index (χ3n) is 2.12. The summed E-state index contributed by atoms with van der Waals surface area (Å²) >= 11 is 3.33. The van der Waals surface area contributed by atoms with E-state index in [0.29, 0.717) is 0 Å². The molecule has 0 fully saturated rings. The zero-order valence-electron chi connectivity index (χ0n) is 8.53. The van der Waals surface area contributed by atoms with Crippen LogP contribution in [0.2, 0.25) is 0 Å². The van der Waals surface area contributed by atoms with E-state index in [1.165, 1.54) is 12.1 Å². The number of nitrogens with zero attached hydrogens (tertiary/aromatic N) is 2. The molecule has 0 saturated heterocycles. The number of aromatic nitrogens is 2. The summed E-state index contributed by atoms with van der Waals surface area (Å²) in [5.41, 5.74) is 0.910. The first-order valence-corrected chi connectivity index (χ1v) is 5.71. The van der Waals surface area contributed by atoms with Crippen LogP contribution in [0.15, 0.2) is 41.1 Å². The third kappa shape index (κ3) is 3.06. The number of benzene rings is 1. The van der Waals surface area contributed by atoms with Crippen LogP contribution >= 0.6 is 15.9 Å². The van der Waals surface area contributed by atoms with Gasteiger partial charge in [0, 0.05) is 18.4 Å². The molecule has 3 nitrogen and oxygen atoms in total. The topological polar surface area (TPSA) is 29.9 Å². The van der Waals surface area contributed by atoms with Gasteiger partial charge in [-0.25, -0.2) is 4.39 Å². The van der Waals surface area contributed by atoms with E-state index in [4.69, 9.17) is 0 Å². The Labute approximate surface area is 101 Å². The van der Waals surface area contributed by atoms with Gasteiger partial charge in [0.2, 0.25) is 0 Å². The molecule has 1 N–H and O–H groups in total. The molecule has 0 radical (unpaired) electrons. The smallest absolute Gasteiger partial charge is 0.123 e. The predicted molar refractivity (Wildman–Crippen MR) is 64.8 cm³/mol. The van der Waals surface area contributed by atoms with Crippen molar-refractivity contribution in [2.75, 3.05) is 11.9 Å². The van der Waals surface area contributed by atoms with Gasteiger partial charge in [-0.05, 0) is 40.2 Å². The van der Waals surface area contributed by atoms with E-state index in [9.17, 15) is 4.39 Å². The van der Waals surface area contributed by atoms with Gasteiger partial charge in [-0.1, -0.05) is 0 Å². The summed E-state index contributed by atoms with van der Waals surface area (Å²) in [5.74, 6) is -0.221. The van der Waals surface area contributed by atoms with Crippen LogP contribution in [-0.4, -0.2) is 16.3 Å². The van der Waals surface area contributed by atoms with Crippen molar-refractivity contribution in [3.63, 3.8) is 0 Å². The van der Waals surface area contributed by atoms with Crippen molar-refractivity contribution in [3.8, 4) is 0 Å². The van der Waals surface area contributed by atoms with Gasteiger partial charge in [0.1, 0.15) is 5.82 Å². The van der Waals surface area contributed by atoms with Crippen molar-refractivity contribution in [1.82, 2.24) is 9.78 Å². The highest BCUT2D eigenvalue weighted by atomic mass is 79.9. The van der Waals surface area contributed by atoms with E-state index >= 15 is 0 Å². The van der Waals surface area contributed by atoms with Gasteiger partial charge in [-0.2, -0.15) is 5.10 Å². The molecule has 0 atom stereocenters. The Kier molecular flexibility index (Phi) is 3.56. The SMILES string of the molecule is Fc1ccc(NCCn2cc(Br)cn2)cc1. The van der Waals surface area contributed by atoms with Gasteiger partial charge in [0.05, 0.1) is 17.2 Å². The lowest BCUT2D eigenvalue weighted by Crippen LogP contribution is -2.10. The van der Waals surface area contributed by atoms with E-state index in [2.05, 4.69) is 26.3 Å². The number of nitrogens with one attached hydrogen (secondary N) is 1. The maximum absolute atomic E-state index is 12.6. The average molecular weight is 284 g/mol. The van der Waals surface area contributed by atoms with Crippen molar-refractivity contribution in [3.05, 3.63) is 46.9 Å². The van der Waals surface area contributed by atoms with E-state index in [-0.39, 0.29) is 5.82 Å². The molecule has 0 aliphatic rings. The molecular formula is C11H11BrFN3. The van der Waals surface area contributed by atoms with Gasteiger partial charge >= 0.3 is 0 Å². The van der Waals surface area contributed by atoms with E-state index in [1.807, 2.05) is 10.9 Å². The molecule has 0 aliphatic carbocycles. The van der Waals surface area contributed by atoms with Crippen LogP contribution in [0.4, 0.5) is 10.1 Å². The minimum Gasteiger partial charge on any atom is -0.383 e. The summed E-state index contributed by atoms with van der Waals surface area (Å²) < 4.78 is 15.4. The first kappa shape index (κ1) is 11.1. The quantitative estimate of drug-likeness (QED) is 0.935. The molecule has 1 aromatic heterocycles. The molecule has 84 valence electrons. The minimum atomic E-state index is -0.221. The summed E-state index contributed by atoms with van der Waals surface area (Å²) in [7, 11) is 0. The van der Waals surface area contributed by atoms with Crippen LogP contribution in [0.1, 0.15) is 0 Å². The normalized spacial score (nSPS) is 10.4. The number of hydrogen-bond acceptors (Lipinski definition) is 2. The van der Waals surface area contributed by atoms with Crippen molar-refractivity contribution in [1.29, 1.82) is 0 Å². The van der Waals surface area contributed by atoms with Crippen LogP contribution in [0.5, 0.6) is 0 Å². The van der Waals surface area contributed by atoms with Gasteiger partial charge in [0.15, 0.2) is 0 Å². The Hall–Kier alpha value is -1.36. The zero-order chi connectivity index (χ0) is 11.4. The molecular weight excluding hydrogens is 273 g/mol. The van der Waals surface area contributed by atoms with Crippen molar-refractivity contribution >= 4 is 21.6 Å². The fourth-order valence-electron chi connectivity index (χ4n) is 1.34. The Morgan fingerprint density at radius 1 is 1.31 bits per heavy atom. The molecule has 0 saturated carbocycles. The zero-order valence-corrected chi connectivity index (χ0v) is 10.1. The molecule has 5 heteroatoms. The largest absolute Gasteiger partial charge is 0.383 e. The maximum atomic E-state index is 12.6. The number of rotatable bonds is 4. The van der Waals surface area contributed by atoms with Crippen LogP contribution in [0, 0.1) is 5.82 Å². The molecule has 1 heterocycles. The van der Waals surface area contributed by atoms with Gasteiger partial charge in [-0.3, -0.25) is 4.68 Å². The minimum absolute atomic E-state index is 0.221. The van der Waals surface area contributed by atoms with Gasteiger partial charge in [0.25, 0.3) is 0 Å². The molecule has 0 amide bonds. The van der Waals surface area contributed by atoms with Gasteiger partial charge in [-0.15, -0.1) is 0 Å². The molecule has 1 aromatic carbocycles. The highest BCUT2D eigenvalue weighted by Crippen LogP contribution is 2.08. The second kappa shape index (κ2) is 5.12. The fraction of sp³-hybridized carbons (Fsp3) is 0.182. The highest BCUT2D eigenvalue weighted by molar-refractivity contribution is 9.10. The Morgan fingerprint density at radius 3 is 2.69 bits per heavy atom. The molecule has 0 bridgehead atoms. The Bertz CT molecular complexity index is 453. The second-order valence-electron chi connectivity index (χ2n) is 3.36. The molecule has 0 unspecified atom stereocenters. The first-order chi connectivity index (χ1) is 7.74. The van der Waals surface area contributed by atoms with Crippen LogP contribution in [0.25, 0.3) is 0 Å². The van der Waals surface area contributed by atoms with E-state index < -0.39 is 0 Å². The summed E-state index contributed by atoms with van der Waals surface area (Å²) in [5, 5.41) is 7.32. The number of halogens is 2. The lowest BCUT2D eigenvalue weighted by molar-refractivity contribution is 0.627. The second-order valence-corrected chi connectivity index (χ2v) is 4.27. The van der Waals surface area contributed by atoms with Crippen LogP contribution in [-0.2, 0) is 6.54 Å². The summed E-state index contributed by atoms with van der Waals surface area (Å²) in [6.07, 6.45) is 3.66. The van der Waals surface area contributed by atoms with E-state index in [1.54, 1.807) is 18.3 Å². The monoisotopic (exact) mass is 283 g/mol. The summed E-state index contributed by atoms with van der Waals surface area (Å²) in [6, 6.07) is 6.31. The maximum Gasteiger partial charge on any atom is 0.123 e. The highest BCUT2D eigenvalue weighted by Gasteiger charge is 1.95. The lowest BCUT2D eigenvalue weighted by atomic mass is 10.3. The van der Waals surface area contributed by atoms with Crippen molar-refractivity contribution < 1.29 is 4.39 Å². The molecule has 2 rings (SSSR count). The lowest BCUT2D eigenvalue weighted by Gasteiger charge is -2.06. The first-order valence-electron chi connectivity index (χ1n) is 4.91. The third-order valence-corrected chi connectivity index (χ3v) is 2.53. The molecule has 0 aliphatic heterocycles. The fourth-order valence-corrected chi connectivity index (χ4v) is 1.67. The van der Waals surface area contributed by atoms with Crippen molar-refractivity contribution in [2.24, 2.45) is 0 Å². The van der Waals surface area contributed by atoms with Crippen LogP contribution < -0.4 is 5.32 Å². The summed E-state index contributed by atoms with van der Waals surface area (Å²) in [4.78, 5) is 0. The Balaban J connectivity index is 1.82. The van der Waals surface area contributed by atoms with Gasteiger partial charge < -0.3 is 5.32 Å². The number of hydrogen-bond donors (Lipinski definition) is 1. The Morgan fingerprint density at radius 2 is 2.06 bits per heavy atom.